The van der Waals surface area contributed by atoms with Gasteiger partial charge in [-0.2, -0.15) is 0 Å². The first kappa shape index (κ1) is 15.1. The summed E-state index contributed by atoms with van der Waals surface area (Å²) in [6.45, 7) is 2.16. The highest BCUT2D eigenvalue weighted by atomic mass is 16.3. The van der Waals surface area contributed by atoms with Crippen LogP contribution in [0.25, 0.3) is 11.0 Å². The van der Waals surface area contributed by atoms with Gasteiger partial charge in [0.05, 0.1) is 30.8 Å². The summed E-state index contributed by atoms with van der Waals surface area (Å²) in [6.07, 6.45) is 5.16. The summed E-state index contributed by atoms with van der Waals surface area (Å²) < 4.78 is 7.41. The van der Waals surface area contributed by atoms with Crippen LogP contribution in [-0.2, 0) is 6.54 Å². The number of fused-ring (bicyclic) bond motifs is 1. The van der Waals surface area contributed by atoms with Crippen LogP contribution in [0.3, 0.4) is 0 Å². The molecule has 0 aliphatic rings. The molecule has 0 spiro atoms. The molecule has 124 valence electrons. The monoisotopic (exact) mass is 332 g/mol. The third-order valence-corrected chi connectivity index (χ3v) is 3.96. The molecule has 0 saturated heterocycles. The third kappa shape index (κ3) is 3.14. The highest BCUT2D eigenvalue weighted by molar-refractivity contribution is 5.95. The Labute approximate surface area is 144 Å². The minimum absolute atomic E-state index is 0.0311. The van der Waals surface area contributed by atoms with E-state index in [9.17, 15) is 4.79 Å². The average molecular weight is 332 g/mol. The van der Waals surface area contributed by atoms with Gasteiger partial charge in [-0.15, -0.1) is 0 Å². The number of carbonyl (C=O) groups excluding carboxylic acids is 1. The summed E-state index contributed by atoms with van der Waals surface area (Å²) in [6, 6.07) is 13.1. The van der Waals surface area contributed by atoms with Crippen molar-refractivity contribution in [1.82, 2.24) is 14.5 Å². The topological polar surface area (TPSA) is 73.0 Å². The SMILES string of the molecule is CC(=O)c1cccc(Nc2cc3c(cn2)ncn3Cc2ccco2)c1. The molecule has 0 bridgehead atoms. The molecule has 0 saturated carbocycles. The number of furan rings is 1. The lowest BCUT2D eigenvalue weighted by molar-refractivity contribution is 0.101. The maximum atomic E-state index is 11.5. The number of nitrogens with zero attached hydrogens (tertiary/aromatic N) is 3. The molecular weight excluding hydrogens is 316 g/mol. The zero-order valence-electron chi connectivity index (χ0n) is 13.6. The largest absolute Gasteiger partial charge is 0.467 e. The van der Waals surface area contributed by atoms with Crippen molar-refractivity contribution in [2.75, 3.05) is 5.32 Å². The Bertz CT molecular complexity index is 1030. The van der Waals surface area contributed by atoms with Crippen molar-refractivity contribution in [3.05, 3.63) is 72.6 Å². The van der Waals surface area contributed by atoms with E-state index in [-0.39, 0.29) is 5.78 Å². The second-order valence-corrected chi connectivity index (χ2v) is 5.77. The number of pyridine rings is 1. The van der Waals surface area contributed by atoms with E-state index >= 15 is 0 Å². The third-order valence-electron chi connectivity index (χ3n) is 3.96. The van der Waals surface area contributed by atoms with Crippen LogP contribution in [0, 0.1) is 0 Å². The van der Waals surface area contributed by atoms with Crippen LogP contribution in [0.2, 0.25) is 0 Å². The van der Waals surface area contributed by atoms with E-state index < -0.39 is 0 Å². The molecule has 0 fully saturated rings. The molecule has 1 aromatic carbocycles. The zero-order chi connectivity index (χ0) is 17.2. The lowest BCUT2D eigenvalue weighted by Crippen LogP contribution is -1.99. The molecular formula is C19H16N4O2. The van der Waals surface area contributed by atoms with Gasteiger partial charge in [-0.3, -0.25) is 4.79 Å². The molecule has 25 heavy (non-hydrogen) atoms. The van der Waals surface area contributed by atoms with Gasteiger partial charge >= 0.3 is 0 Å². The number of hydrogen-bond acceptors (Lipinski definition) is 5. The number of hydrogen-bond donors (Lipinski definition) is 1. The predicted molar refractivity (Wildman–Crippen MR) is 95.1 cm³/mol. The summed E-state index contributed by atoms with van der Waals surface area (Å²) in [7, 11) is 0. The van der Waals surface area contributed by atoms with E-state index in [0.717, 1.165) is 22.5 Å². The molecule has 3 heterocycles. The molecule has 6 nitrogen and oxygen atoms in total. The van der Waals surface area contributed by atoms with Crippen molar-refractivity contribution >= 4 is 28.3 Å². The second kappa shape index (κ2) is 6.24. The van der Waals surface area contributed by atoms with E-state index in [1.807, 2.05) is 41.0 Å². The maximum Gasteiger partial charge on any atom is 0.159 e. The predicted octanol–water partition coefficient (Wildman–Crippen LogP) is 4.02. The van der Waals surface area contributed by atoms with Gasteiger partial charge in [0, 0.05) is 17.3 Å². The van der Waals surface area contributed by atoms with Crippen molar-refractivity contribution < 1.29 is 9.21 Å². The molecule has 0 unspecified atom stereocenters. The molecule has 6 heteroatoms. The molecule has 0 aliphatic heterocycles. The minimum Gasteiger partial charge on any atom is -0.467 e. The van der Waals surface area contributed by atoms with E-state index in [1.165, 1.54) is 0 Å². The number of nitrogens with one attached hydrogen (secondary N) is 1. The quantitative estimate of drug-likeness (QED) is 0.559. The lowest BCUT2D eigenvalue weighted by atomic mass is 10.1. The first-order chi connectivity index (χ1) is 12.2. The van der Waals surface area contributed by atoms with E-state index in [2.05, 4.69) is 15.3 Å². The Kier molecular flexibility index (Phi) is 3.78. The second-order valence-electron chi connectivity index (χ2n) is 5.77. The summed E-state index contributed by atoms with van der Waals surface area (Å²) >= 11 is 0. The molecule has 0 amide bonds. The smallest absolute Gasteiger partial charge is 0.159 e. The first-order valence-electron chi connectivity index (χ1n) is 7.90. The Balaban J connectivity index is 1.64. The normalized spacial score (nSPS) is 10.9. The molecule has 1 N–H and O–H groups in total. The number of imidazole rings is 1. The Hall–Kier alpha value is -3.41. The van der Waals surface area contributed by atoms with Crippen molar-refractivity contribution in [1.29, 1.82) is 0 Å². The van der Waals surface area contributed by atoms with Crippen LogP contribution in [0.15, 0.2) is 65.7 Å². The van der Waals surface area contributed by atoms with Crippen LogP contribution >= 0.6 is 0 Å². The number of rotatable bonds is 5. The van der Waals surface area contributed by atoms with Gasteiger partial charge in [0.2, 0.25) is 0 Å². The highest BCUT2D eigenvalue weighted by Gasteiger charge is 2.08. The fourth-order valence-electron chi connectivity index (χ4n) is 2.69. The maximum absolute atomic E-state index is 11.5. The summed E-state index contributed by atoms with van der Waals surface area (Å²) in [5.74, 6) is 1.58. The molecule has 0 aliphatic carbocycles. The average Bonchev–Trinajstić information content (AvgIpc) is 3.26. The molecule has 4 aromatic rings. The minimum atomic E-state index is 0.0311. The van der Waals surface area contributed by atoms with Crippen LogP contribution in [0.1, 0.15) is 23.0 Å². The van der Waals surface area contributed by atoms with Gasteiger partial charge in [0.25, 0.3) is 0 Å². The number of ketones is 1. The van der Waals surface area contributed by atoms with Crippen LogP contribution < -0.4 is 5.32 Å². The fourth-order valence-corrected chi connectivity index (χ4v) is 2.69. The Morgan fingerprint density at radius 1 is 1.20 bits per heavy atom. The van der Waals surface area contributed by atoms with E-state index in [0.29, 0.717) is 17.9 Å². The van der Waals surface area contributed by atoms with Gasteiger partial charge in [-0.1, -0.05) is 12.1 Å². The molecule has 0 radical (unpaired) electrons. The molecule has 3 aromatic heterocycles. The molecule has 0 atom stereocenters. The van der Waals surface area contributed by atoms with Gasteiger partial charge < -0.3 is 14.3 Å². The van der Waals surface area contributed by atoms with E-state index in [1.54, 1.807) is 31.8 Å². The van der Waals surface area contributed by atoms with Crippen molar-refractivity contribution in [2.45, 2.75) is 13.5 Å². The van der Waals surface area contributed by atoms with Crippen molar-refractivity contribution in [2.24, 2.45) is 0 Å². The van der Waals surface area contributed by atoms with Gasteiger partial charge in [0.1, 0.15) is 17.1 Å². The fraction of sp³-hybridized carbons (Fsp3) is 0.105. The van der Waals surface area contributed by atoms with Crippen LogP contribution in [0.5, 0.6) is 0 Å². The van der Waals surface area contributed by atoms with Gasteiger partial charge in [-0.05, 0) is 31.2 Å². The number of carbonyl (C=O) groups is 1. The number of benzene rings is 1. The Morgan fingerprint density at radius 2 is 2.12 bits per heavy atom. The summed E-state index contributed by atoms with van der Waals surface area (Å²) in [5, 5.41) is 3.24. The number of aromatic nitrogens is 3. The Morgan fingerprint density at radius 3 is 2.92 bits per heavy atom. The standard InChI is InChI=1S/C19H16N4O2/c1-13(24)14-4-2-5-15(8-14)22-19-9-18-17(10-20-19)21-12-23(18)11-16-6-3-7-25-16/h2-10,12H,11H2,1H3,(H,20,22). The summed E-state index contributed by atoms with van der Waals surface area (Å²) in [4.78, 5) is 20.3. The highest BCUT2D eigenvalue weighted by Crippen LogP contribution is 2.21. The lowest BCUT2D eigenvalue weighted by Gasteiger charge is -2.08. The van der Waals surface area contributed by atoms with Crippen LogP contribution in [0.4, 0.5) is 11.5 Å². The van der Waals surface area contributed by atoms with Gasteiger partial charge in [0.15, 0.2) is 5.78 Å². The number of Topliss-reactive ketones (excluding diaryl/α,β-unsaturated/α-hetero) is 1. The van der Waals surface area contributed by atoms with Gasteiger partial charge in [-0.25, -0.2) is 9.97 Å². The number of anilines is 2. The van der Waals surface area contributed by atoms with Crippen LogP contribution in [-0.4, -0.2) is 20.3 Å². The van der Waals surface area contributed by atoms with Crippen molar-refractivity contribution in [3.63, 3.8) is 0 Å². The van der Waals surface area contributed by atoms with Crippen molar-refractivity contribution in [3.8, 4) is 0 Å². The zero-order valence-corrected chi connectivity index (χ0v) is 13.6. The van der Waals surface area contributed by atoms with E-state index in [4.69, 9.17) is 4.42 Å². The summed E-state index contributed by atoms with van der Waals surface area (Å²) in [5.41, 5.74) is 3.25. The first-order valence-corrected chi connectivity index (χ1v) is 7.90. The molecule has 4 rings (SSSR count).